The summed E-state index contributed by atoms with van der Waals surface area (Å²) in [6.07, 6.45) is 0. The third-order valence-corrected chi connectivity index (χ3v) is 10.7. The van der Waals surface area contributed by atoms with Crippen LogP contribution in [-0.2, 0) is 0 Å². The van der Waals surface area contributed by atoms with Crippen LogP contribution in [0.1, 0.15) is 0 Å². The molecule has 0 aliphatic heterocycles. The third kappa shape index (κ3) is 5.37. The summed E-state index contributed by atoms with van der Waals surface area (Å²) >= 11 is 0. The van der Waals surface area contributed by atoms with E-state index in [1.807, 2.05) is 60.7 Å². The highest BCUT2D eigenvalue weighted by Gasteiger charge is 2.19. The van der Waals surface area contributed by atoms with Crippen molar-refractivity contribution >= 4 is 43.7 Å². The Labute approximate surface area is 322 Å². The van der Waals surface area contributed by atoms with E-state index in [4.69, 9.17) is 19.4 Å². The second-order valence-electron chi connectivity index (χ2n) is 14.0. The fourth-order valence-electron chi connectivity index (χ4n) is 7.96. The van der Waals surface area contributed by atoms with E-state index in [1.165, 1.54) is 27.4 Å². The van der Waals surface area contributed by atoms with E-state index in [1.54, 1.807) is 0 Å². The molecule has 0 bridgehead atoms. The molecule has 3 heterocycles. The largest absolute Gasteiger partial charge is 0.455 e. The van der Waals surface area contributed by atoms with Crippen LogP contribution in [0.4, 0.5) is 0 Å². The molecule has 5 nitrogen and oxygen atoms in total. The number of aromatic nitrogens is 4. The first-order chi connectivity index (χ1) is 27.7. The Balaban J connectivity index is 1.07. The molecule has 0 spiro atoms. The number of hydrogen-bond acceptors (Lipinski definition) is 4. The minimum atomic E-state index is 0.593. The summed E-state index contributed by atoms with van der Waals surface area (Å²) in [5.74, 6) is 1.85. The summed E-state index contributed by atoms with van der Waals surface area (Å²) in [6.45, 7) is 0. The molecule has 0 radical (unpaired) electrons. The summed E-state index contributed by atoms with van der Waals surface area (Å²) in [6, 6.07) is 67.5. The van der Waals surface area contributed by atoms with Crippen LogP contribution in [-0.4, -0.2) is 19.5 Å². The van der Waals surface area contributed by atoms with Crippen molar-refractivity contribution in [3.05, 3.63) is 194 Å². The van der Waals surface area contributed by atoms with Gasteiger partial charge in [-0.25, -0.2) is 15.0 Å². The van der Waals surface area contributed by atoms with Crippen molar-refractivity contribution in [1.82, 2.24) is 19.5 Å². The number of furan rings is 1. The van der Waals surface area contributed by atoms with E-state index < -0.39 is 0 Å². The lowest BCUT2D eigenvalue weighted by Gasteiger charge is -2.08. The predicted octanol–water partition coefficient (Wildman–Crippen LogP) is 13.2. The van der Waals surface area contributed by atoms with Gasteiger partial charge in [-0.1, -0.05) is 146 Å². The van der Waals surface area contributed by atoms with Crippen LogP contribution in [0.5, 0.6) is 0 Å². The molecule has 0 atom stereocenters. The first kappa shape index (κ1) is 31.9. The van der Waals surface area contributed by atoms with Gasteiger partial charge in [-0.3, -0.25) is 0 Å². The summed E-state index contributed by atoms with van der Waals surface area (Å²) < 4.78 is 9.17. The highest BCUT2D eigenvalue weighted by molar-refractivity contribution is 6.14. The van der Waals surface area contributed by atoms with Gasteiger partial charge in [0.15, 0.2) is 17.5 Å². The Morgan fingerprint density at radius 2 is 0.857 bits per heavy atom. The van der Waals surface area contributed by atoms with E-state index in [-0.39, 0.29) is 0 Å². The second kappa shape index (κ2) is 13.0. The molecule has 0 saturated heterocycles. The molecule has 0 N–H and O–H groups in total. The maximum absolute atomic E-state index is 6.80. The number of para-hydroxylation sites is 2. The number of benzene rings is 8. The van der Waals surface area contributed by atoms with Gasteiger partial charge in [-0.2, -0.15) is 0 Å². The molecule has 0 saturated carbocycles. The van der Waals surface area contributed by atoms with Crippen LogP contribution in [0.2, 0.25) is 0 Å². The minimum absolute atomic E-state index is 0.593. The van der Waals surface area contributed by atoms with Gasteiger partial charge in [0.05, 0.1) is 11.0 Å². The first-order valence-corrected chi connectivity index (χ1v) is 18.8. The molecule has 56 heavy (non-hydrogen) atoms. The molecule has 0 amide bonds. The average molecular weight is 717 g/mol. The highest BCUT2D eigenvalue weighted by atomic mass is 16.3. The zero-order valence-corrected chi connectivity index (χ0v) is 30.2. The van der Waals surface area contributed by atoms with Gasteiger partial charge in [-0.15, -0.1) is 0 Å². The summed E-state index contributed by atoms with van der Waals surface area (Å²) in [5, 5.41) is 4.50. The molecule has 11 aromatic rings. The number of nitrogens with zero attached hydrogens (tertiary/aromatic N) is 4. The molecule has 0 unspecified atom stereocenters. The van der Waals surface area contributed by atoms with Crippen molar-refractivity contribution in [3.63, 3.8) is 0 Å². The monoisotopic (exact) mass is 716 g/mol. The summed E-state index contributed by atoms with van der Waals surface area (Å²) in [4.78, 5) is 14.8. The fourth-order valence-corrected chi connectivity index (χ4v) is 7.96. The van der Waals surface area contributed by atoms with Gasteiger partial charge in [0, 0.05) is 49.5 Å². The van der Waals surface area contributed by atoms with E-state index in [9.17, 15) is 0 Å². The number of hydrogen-bond donors (Lipinski definition) is 0. The number of rotatable bonds is 6. The Hall–Kier alpha value is -7.63. The van der Waals surface area contributed by atoms with Gasteiger partial charge in [0.25, 0.3) is 0 Å². The van der Waals surface area contributed by atoms with Crippen molar-refractivity contribution in [1.29, 1.82) is 0 Å². The zero-order valence-electron chi connectivity index (χ0n) is 30.2. The lowest BCUT2D eigenvalue weighted by molar-refractivity contribution is 0.670. The van der Waals surface area contributed by atoms with Gasteiger partial charge in [0.2, 0.25) is 0 Å². The van der Waals surface area contributed by atoms with Crippen molar-refractivity contribution < 1.29 is 4.42 Å². The Kier molecular flexibility index (Phi) is 7.42. The topological polar surface area (TPSA) is 56.7 Å². The lowest BCUT2D eigenvalue weighted by Crippen LogP contribution is -2.00. The third-order valence-electron chi connectivity index (χ3n) is 10.7. The van der Waals surface area contributed by atoms with Gasteiger partial charge in [-0.05, 0) is 65.2 Å². The van der Waals surface area contributed by atoms with E-state index >= 15 is 0 Å². The highest BCUT2D eigenvalue weighted by Crippen LogP contribution is 2.41. The quantitative estimate of drug-likeness (QED) is 0.172. The van der Waals surface area contributed by atoms with Crippen LogP contribution in [0, 0.1) is 0 Å². The van der Waals surface area contributed by atoms with Crippen LogP contribution in [0.3, 0.4) is 0 Å². The van der Waals surface area contributed by atoms with Crippen LogP contribution < -0.4 is 0 Å². The lowest BCUT2D eigenvalue weighted by atomic mass is 9.99. The molecule has 3 aromatic heterocycles. The molecular weight excluding hydrogens is 685 g/mol. The molecular formula is C51H32N4O. The molecule has 5 heteroatoms. The SMILES string of the molecule is c1ccc(-c2ccc3c(c2)c2cc(-c4cccc5c4oc4cc(-c6nc(-c7ccccc7)nc(-c7ccccc7)n6)ccc45)ccc2n3-c2ccccc2)cc1. The normalized spacial score (nSPS) is 11.6. The van der Waals surface area contributed by atoms with Gasteiger partial charge >= 0.3 is 0 Å². The molecule has 0 aliphatic rings. The van der Waals surface area contributed by atoms with Crippen LogP contribution >= 0.6 is 0 Å². The smallest absolute Gasteiger partial charge is 0.164 e. The Bertz CT molecular complexity index is 3170. The maximum Gasteiger partial charge on any atom is 0.164 e. The average Bonchev–Trinajstić information content (AvgIpc) is 3.82. The van der Waals surface area contributed by atoms with Crippen LogP contribution in [0.25, 0.3) is 106 Å². The zero-order chi connectivity index (χ0) is 37.0. The van der Waals surface area contributed by atoms with Crippen molar-refractivity contribution in [2.75, 3.05) is 0 Å². The maximum atomic E-state index is 6.80. The fraction of sp³-hybridized carbons (Fsp3) is 0. The van der Waals surface area contributed by atoms with Gasteiger partial charge < -0.3 is 8.98 Å². The van der Waals surface area contributed by atoms with Crippen LogP contribution in [0.15, 0.2) is 199 Å². The molecule has 0 aliphatic carbocycles. The first-order valence-electron chi connectivity index (χ1n) is 18.8. The van der Waals surface area contributed by atoms with Crippen molar-refractivity contribution in [3.8, 4) is 62.1 Å². The van der Waals surface area contributed by atoms with Gasteiger partial charge in [0.1, 0.15) is 11.2 Å². The van der Waals surface area contributed by atoms with E-state index in [0.717, 1.165) is 61.0 Å². The van der Waals surface area contributed by atoms with E-state index in [2.05, 4.69) is 138 Å². The molecule has 8 aromatic carbocycles. The number of fused-ring (bicyclic) bond motifs is 6. The molecule has 262 valence electrons. The summed E-state index contributed by atoms with van der Waals surface area (Å²) in [7, 11) is 0. The standard InChI is InChI=1S/C51H32N4O/c1-5-14-33(15-6-1)36-25-28-45-43(30-36)44-31-37(26-29-46(44)55(45)39-20-11-4-12-21-39)40-22-13-23-42-41-27-24-38(32-47(41)56-48(40)42)51-53-49(34-16-7-2-8-17-34)52-50(54-51)35-18-9-3-10-19-35/h1-32H. The molecule has 11 rings (SSSR count). The van der Waals surface area contributed by atoms with Crippen molar-refractivity contribution in [2.24, 2.45) is 0 Å². The summed E-state index contributed by atoms with van der Waals surface area (Å²) in [5.41, 5.74) is 12.3. The predicted molar refractivity (Wildman–Crippen MR) is 229 cm³/mol. The van der Waals surface area contributed by atoms with E-state index in [0.29, 0.717) is 17.5 Å². The Morgan fingerprint density at radius 1 is 0.339 bits per heavy atom. The second-order valence-corrected chi connectivity index (χ2v) is 14.0. The Morgan fingerprint density at radius 3 is 1.48 bits per heavy atom. The minimum Gasteiger partial charge on any atom is -0.455 e. The van der Waals surface area contributed by atoms with Crippen molar-refractivity contribution in [2.45, 2.75) is 0 Å². The molecule has 0 fully saturated rings.